The Morgan fingerprint density at radius 1 is 1.22 bits per heavy atom. The van der Waals surface area contributed by atoms with Crippen molar-refractivity contribution in [2.24, 2.45) is 0 Å². The molecule has 2 aromatic rings. The normalized spacial score (nSPS) is 15.6. The Bertz CT molecular complexity index is 738. The summed E-state index contributed by atoms with van der Waals surface area (Å²) in [6.07, 6.45) is 0. The lowest BCUT2D eigenvalue weighted by Crippen LogP contribution is -2.45. The van der Waals surface area contributed by atoms with E-state index < -0.39 is 0 Å². The zero-order chi connectivity index (χ0) is 16.4. The van der Waals surface area contributed by atoms with Crippen molar-refractivity contribution >= 4 is 11.5 Å². The van der Waals surface area contributed by atoms with Gasteiger partial charge < -0.3 is 20.1 Å². The zero-order valence-electron chi connectivity index (χ0n) is 13.2. The van der Waals surface area contributed by atoms with Gasteiger partial charge in [-0.15, -0.1) is 0 Å². The van der Waals surface area contributed by atoms with Crippen LogP contribution in [0.3, 0.4) is 0 Å². The van der Waals surface area contributed by atoms with Crippen molar-refractivity contribution in [1.82, 2.24) is 9.47 Å². The lowest BCUT2D eigenvalue weighted by Gasteiger charge is -2.35. The van der Waals surface area contributed by atoms with Gasteiger partial charge in [0, 0.05) is 26.2 Å². The third-order valence-corrected chi connectivity index (χ3v) is 4.24. The molecule has 5 nitrogen and oxygen atoms in total. The van der Waals surface area contributed by atoms with Gasteiger partial charge in [0.25, 0.3) is 0 Å². The maximum absolute atomic E-state index is 13.4. The predicted molar refractivity (Wildman–Crippen MR) is 88.8 cm³/mol. The highest BCUT2D eigenvalue weighted by Crippen LogP contribution is 2.29. The molecule has 1 aliphatic heterocycles. The molecule has 3 rings (SSSR count). The molecular weight excluding hydrogens is 293 g/mol. The van der Waals surface area contributed by atoms with Crippen LogP contribution >= 0.6 is 0 Å². The second-order valence-electron chi connectivity index (χ2n) is 5.93. The molecule has 0 radical (unpaired) electrons. The van der Waals surface area contributed by atoms with E-state index in [4.69, 9.17) is 5.73 Å². The minimum atomic E-state index is -0.276. The van der Waals surface area contributed by atoms with Crippen LogP contribution in [0.4, 0.5) is 15.9 Å². The quantitative estimate of drug-likeness (QED) is 0.940. The van der Waals surface area contributed by atoms with E-state index in [0.29, 0.717) is 17.9 Å². The van der Waals surface area contributed by atoms with Crippen LogP contribution in [0.2, 0.25) is 0 Å². The van der Waals surface area contributed by atoms with Crippen LogP contribution in [0.5, 0.6) is 0 Å². The van der Waals surface area contributed by atoms with E-state index in [1.165, 1.54) is 12.1 Å². The summed E-state index contributed by atoms with van der Waals surface area (Å²) in [5.74, 6) is 0.584. The Balaban J connectivity index is 1.96. The number of benzene rings is 1. The predicted octanol–water partition coefficient (Wildman–Crippen LogP) is 1.88. The van der Waals surface area contributed by atoms with E-state index >= 15 is 0 Å². The summed E-state index contributed by atoms with van der Waals surface area (Å²) in [4.78, 5) is 4.47. The summed E-state index contributed by atoms with van der Waals surface area (Å²) in [5.41, 5.74) is 8.08. The van der Waals surface area contributed by atoms with Gasteiger partial charge in [0.1, 0.15) is 23.4 Å². The van der Waals surface area contributed by atoms with Crippen LogP contribution in [0.25, 0.3) is 0 Å². The first-order chi connectivity index (χ1) is 11.1. The highest BCUT2D eigenvalue weighted by molar-refractivity contribution is 5.68. The van der Waals surface area contributed by atoms with Crippen LogP contribution < -0.4 is 10.6 Å². The fraction of sp³-hybridized carbons (Fsp3) is 0.353. The molecule has 1 aromatic carbocycles. The van der Waals surface area contributed by atoms with Gasteiger partial charge in [-0.3, -0.25) is 0 Å². The number of nitriles is 1. The fourth-order valence-electron chi connectivity index (χ4n) is 3.00. The summed E-state index contributed by atoms with van der Waals surface area (Å²) >= 11 is 0. The number of aromatic nitrogens is 1. The van der Waals surface area contributed by atoms with Gasteiger partial charge in [0.05, 0.1) is 12.2 Å². The van der Waals surface area contributed by atoms with Crippen LogP contribution in [0, 0.1) is 17.1 Å². The molecule has 0 bridgehead atoms. The van der Waals surface area contributed by atoms with E-state index in [2.05, 4.69) is 22.9 Å². The molecule has 0 saturated carbocycles. The maximum Gasteiger partial charge on any atom is 0.133 e. The van der Waals surface area contributed by atoms with Gasteiger partial charge in [-0.2, -0.15) is 5.26 Å². The second kappa shape index (κ2) is 6.31. The number of nitrogens with zero attached hydrogens (tertiary/aromatic N) is 4. The van der Waals surface area contributed by atoms with Crippen LogP contribution in [-0.4, -0.2) is 42.7 Å². The Morgan fingerprint density at radius 3 is 2.61 bits per heavy atom. The number of nitrogens with two attached hydrogens (primary N) is 1. The number of hydrogen-bond acceptors (Lipinski definition) is 4. The van der Waals surface area contributed by atoms with Crippen molar-refractivity contribution in [2.75, 3.05) is 43.9 Å². The number of halogens is 1. The molecule has 1 aliphatic rings. The van der Waals surface area contributed by atoms with Crippen molar-refractivity contribution in [3.8, 4) is 6.07 Å². The summed E-state index contributed by atoms with van der Waals surface area (Å²) in [6, 6.07) is 10.3. The first-order valence-electron chi connectivity index (χ1n) is 7.65. The lowest BCUT2D eigenvalue weighted by molar-refractivity contribution is 0.311. The van der Waals surface area contributed by atoms with Crippen molar-refractivity contribution in [3.63, 3.8) is 0 Å². The van der Waals surface area contributed by atoms with Gasteiger partial charge in [0.15, 0.2) is 0 Å². The lowest BCUT2D eigenvalue weighted by atomic mass is 10.2. The monoisotopic (exact) mass is 313 g/mol. The van der Waals surface area contributed by atoms with Gasteiger partial charge in [-0.25, -0.2) is 4.39 Å². The summed E-state index contributed by atoms with van der Waals surface area (Å²) in [6.45, 7) is 4.05. The summed E-state index contributed by atoms with van der Waals surface area (Å²) < 4.78 is 15.3. The topological polar surface area (TPSA) is 61.2 Å². The molecule has 2 N–H and O–H groups in total. The molecule has 0 atom stereocenters. The number of nitrogen functional groups attached to an aromatic ring is 1. The fourth-order valence-corrected chi connectivity index (χ4v) is 3.00. The maximum atomic E-state index is 13.4. The number of piperazine rings is 1. The molecule has 0 aliphatic carbocycles. The Morgan fingerprint density at radius 2 is 1.96 bits per heavy atom. The average Bonchev–Trinajstić information content (AvgIpc) is 2.84. The van der Waals surface area contributed by atoms with Crippen LogP contribution in [0.15, 0.2) is 30.3 Å². The first-order valence-corrected chi connectivity index (χ1v) is 7.65. The third-order valence-electron chi connectivity index (χ3n) is 4.24. The van der Waals surface area contributed by atoms with Crippen LogP contribution in [-0.2, 0) is 6.54 Å². The second-order valence-corrected chi connectivity index (χ2v) is 5.93. The van der Waals surface area contributed by atoms with Crippen LogP contribution in [0.1, 0.15) is 11.3 Å². The average molecular weight is 313 g/mol. The molecule has 1 aromatic heterocycles. The van der Waals surface area contributed by atoms with E-state index in [0.717, 1.165) is 37.6 Å². The van der Waals surface area contributed by atoms with Crippen molar-refractivity contribution < 1.29 is 4.39 Å². The molecule has 0 unspecified atom stereocenters. The highest BCUT2D eigenvalue weighted by Gasteiger charge is 2.22. The Kier molecular flexibility index (Phi) is 4.22. The van der Waals surface area contributed by atoms with E-state index in [-0.39, 0.29) is 5.82 Å². The summed E-state index contributed by atoms with van der Waals surface area (Å²) in [7, 11) is 2.09. The molecule has 120 valence electrons. The van der Waals surface area contributed by atoms with E-state index in [9.17, 15) is 9.65 Å². The number of rotatable bonds is 3. The third kappa shape index (κ3) is 3.15. The molecule has 23 heavy (non-hydrogen) atoms. The molecule has 2 heterocycles. The minimum Gasteiger partial charge on any atom is -0.396 e. The van der Waals surface area contributed by atoms with E-state index in [1.54, 1.807) is 12.1 Å². The molecule has 6 heteroatoms. The molecule has 0 spiro atoms. The summed E-state index contributed by atoms with van der Waals surface area (Å²) in [5, 5.41) is 9.40. The number of likely N-dealkylation sites (N-methyl/N-ethyl adjacent to an activating group) is 1. The van der Waals surface area contributed by atoms with Crippen molar-refractivity contribution in [3.05, 3.63) is 47.4 Å². The standard InChI is InChI=1S/C17H20FN5/c1-21-5-7-22(8-6-21)17-16(20)10-15(11-19)23(17)12-13-3-2-4-14(18)9-13/h2-4,9-10H,5-8,12,20H2,1H3. The first kappa shape index (κ1) is 15.4. The zero-order valence-corrected chi connectivity index (χ0v) is 13.2. The van der Waals surface area contributed by atoms with Gasteiger partial charge >= 0.3 is 0 Å². The number of anilines is 2. The molecule has 0 amide bonds. The Hall–Kier alpha value is -2.52. The van der Waals surface area contributed by atoms with Gasteiger partial charge in [-0.1, -0.05) is 12.1 Å². The highest BCUT2D eigenvalue weighted by atomic mass is 19.1. The minimum absolute atomic E-state index is 0.276. The van der Waals surface area contributed by atoms with Gasteiger partial charge in [-0.05, 0) is 30.8 Å². The van der Waals surface area contributed by atoms with Crippen molar-refractivity contribution in [2.45, 2.75) is 6.54 Å². The van der Waals surface area contributed by atoms with E-state index in [1.807, 2.05) is 10.6 Å². The molecular formula is C17H20FN5. The molecule has 1 fully saturated rings. The largest absolute Gasteiger partial charge is 0.396 e. The SMILES string of the molecule is CN1CCN(c2c(N)cc(C#N)n2Cc2cccc(F)c2)CC1. The Labute approximate surface area is 135 Å². The number of hydrogen-bond donors (Lipinski definition) is 1. The van der Waals surface area contributed by atoms with Crippen molar-refractivity contribution in [1.29, 1.82) is 5.26 Å². The van der Waals surface area contributed by atoms with Gasteiger partial charge in [0.2, 0.25) is 0 Å². The smallest absolute Gasteiger partial charge is 0.133 e. The molecule has 1 saturated heterocycles.